The van der Waals surface area contributed by atoms with Crippen LogP contribution in [0.15, 0.2) is 17.1 Å². The van der Waals surface area contributed by atoms with E-state index in [0.717, 1.165) is 18.5 Å². The molecule has 1 saturated heterocycles. The van der Waals surface area contributed by atoms with Crippen molar-refractivity contribution in [2.75, 3.05) is 6.61 Å². The van der Waals surface area contributed by atoms with E-state index in [2.05, 4.69) is 4.98 Å². The Kier molecular flexibility index (Phi) is 2.52. The van der Waals surface area contributed by atoms with Crippen molar-refractivity contribution in [3.05, 3.63) is 18.4 Å². The summed E-state index contributed by atoms with van der Waals surface area (Å²) in [5, 5.41) is 0. The van der Waals surface area contributed by atoms with Gasteiger partial charge in [-0.05, 0) is 12.8 Å². The maximum atomic E-state index is 11.3. The van der Waals surface area contributed by atoms with Gasteiger partial charge in [0.2, 0.25) is 0 Å². The summed E-state index contributed by atoms with van der Waals surface area (Å²) in [6.07, 6.45) is 4.63. The van der Waals surface area contributed by atoms with Crippen molar-refractivity contribution in [3.8, 4) is 0 Å². The predicted octanol–water partition coefficient (Wildman–Crippen LogP) is 1.42. The lowest BCUT2D eigenvalue weighted by atomic mass is 9.89. The largest absolute Gasteiger partial charge is 0.465 e. The minimum absolute atomic E-state index is 0.0340. The van der Waals surface area contributed by atoms with Crippen LogP contribution in [0, 0.1) is 11.8 Å². The minimum Gasteiger partial charge on any atom is -0.465 e. The van der Waals surface area contributed by atoms with Gasteiger partial charge >= 0.3 is 5.97 Å². The van der Waals surface area contributed by atoms with Crippen LogP contribution in [0.3, 0.4) is 0 Å². The SMILES string of the molecule is CCC1C(=O)OCC1Cc1cocn1. The summed E-state index contributed by atoms with van der Waals surface area (Å²) in [4.78, 5) is 15.3. The second kappa shape index (κ2) is 3.82. The fourth-order valence-electron chi connectivity index (χ4n) is 1.91. The average Bonchev–Trinajstić information content (AvgIpc) is 2.77. The van der Waals surface area contributed by atoms with Gasteiger partial charge in [0.1, 0.15) is 6.26 Å². The van der Waals surface area contributed by atoms with E-state index in [4.69, 9.17) is 9.15 Å². The number of ether oxygens (including phenoxy) is 1. The van der Waals surface area contributed by atoms with E-state index in [-0.39, 0.29) is 17.8 Å². The van der Waals surface area contributed by atoms with Gasteiger partial charge < -0.3 is 9.15 Å². The normalized spacial score (nSPS) is 26.5. The molecular formula is C10H13NO3. The van der Waals surface area contributed by atoms with Gasteiger partial charge in [0.05, 0.1) is 18.2 Å². The lowest BCUT2D eigenvalue weighted by molar-refractivity contribution is -0.141. The van der Waals surface area contributed by atoms with Gasteiger partial charge in [0, 0.05) is 5.92 Å². The van der Waals surface area contributed by atoms with Gasteiger partial charge in [0.15, 0.2) is 6.39 Å². The number of aromatic nitrogens is 1. The standard InChI is InChI=1S/C10H13NO3/c1-2-9-7(4-14-10(9)12)3-8-5-13-6-11-8/h5-7,9H,2-4H2,1H3. The van der Waals surface area contributed by atoms with Gasteiger partial charge in [-0.3, -0.25) is 4.79 Å². The van der Waals surface area contributed by atoms with Crippen molar-refractivity contribution in [2.45, 2.75) is 19.8 Å². The van der Waals surface area contributed by atoms with Crippen LogP contribution in [-0.4, -0.2) is 17.6 Å². The first kappa shape index (κ1) is 9.24. The maximum absolute atomic E-state index is 11.3. The number of oxazole rings is 1. The van der Waals surface area contributed by atoms with Crippen LogP contribution in [0.4, 0.5) is 0 Å². The van der Waals surface area contributed by atoms with Crippen molar-refractivity contribution in [1.29, 1.82) is 0 Å². The molecule has 1 fully saturated rings. The third-order valence-corrected chi connectivity index (χ3v) is 2.71. The van der Waals surface area contributed by atoms with Crippen LogP contribution in [0.2, 0.25) is 0 Å². The molecule has 14 heavy (non-hydrogen) atoms. The van der Waals surface area contributed by atoms with Gasteiger partial charge in [-0.2, -0.15) is 0 Å². The van der Waals surface area contributed by atoms with Crippen LogP contribution in [0.25, 0.3) is 0 Å². The third kappa shape index (κ3) is 1.64. The Bertz CT molecular complexity index is 307. The lowest BCUT2D eigenvalue weighted by Gasteiger charge is -2.10. The molecule has 0 aromatic carbocycles. The zero-order valence-electron chi connectivity index (χ0n) is 8.10. The molecule has 0 bridgehead atoms. The second-order valence-corrected chi connectivity index (χ2v) is 3.59. The molecule has 2 rings (SSSR count). The number of esters is 1. The van der Waals surface area contributed by atoms with Crippen LogP contribution in [0.5, 0.6) is 0 Å². The Morgan fingerprint density at radius 3 is 3.14 bits per heavy atom. The highest BCUT2D eigenvalue weighted by Gasteiger charge is 2.35. The van der Waals surface area contributed by atoms with Crippen molar-refractivity contribution in [2.24, 2.45) is 11.8 Å². The summed E-state index contributed by atoms with van der Waals surface area (Å²) in [5.41, 5.74) is 0.895. The van der Waals surface area contributed by atoms with E-state index in [0.29, 0.717) is 6.61 Å². The second-order valence-electron chi connectivity index (χ2n) is 3.59. The molecule has 1 aromatic rings. The van der Waals surface area contributed by atoms with E-state index in [1.807, 2.05) is 6.92 Å². The van der Waals surface area contributed by atoms with Crippen LogP contribution in [-0.2, 0) is 16.0 Å². The van der Waals surface area contributed by atoms with Crippen LogP contribution >= 0.6 is 0 Å². The number of carbonyl (C=O) groups is 1. The number of cyclic esters (lactones) is 1. The maximum Gasteiger partial charge on any atom is 0.309 e. The Morgan fingerprint density at radius 2 is 2.50 bits per heavy atom. The van der Waals surface area contributed by atoms with Gasteiger partial charge in [-0.15, -0.1) is 0 Å². The Labute approximate surface area is 82.3 Å². The number of nitrogens with zero attached hydrogens (tertiary/aromatic N) is 1. The molecule has 2 unspecified atom stereocenters. The average molecular weight is 195 g/mol. The van der Waals surface area contributed by atoms with Crippen LogP contribution in [0.1, 0.15) is 19.0 Å². The molecule has 0 radical (unpaired) electrons. The molecule has 0 spiro atoms. The fourth-order valence-corrected chi connectivity index (χ4v) is 1.91. The molecule has 0 saturated carbocycles. The first-order chi connectivity index (χ1) is 6.81. The molecule has 0 amide bonds. The van der Waals surface area contributed by atoms with Gasteiger partial charge in [0.25, 0.3) is 0 Å². The number of carbonyl (C=O) groups excluding carboxylic acids is 1. The molecule has 76 valence electrons. The summed E-state index contributed by atoms with van der Waals surface area (Å²) < 4.78 is 9.90. The summed E-state index contributed by atoms with van der Waals surface area (Å²) in [6.45, 7) is 2.53. The van der Waals surface area contributed by atoms with Crippen molar-refractivity contribution in [3.63, 3.8) is 0 Å². The highest BCUT2D eigenvalue weighted by Crippen LogP contribution is 2.27. The van der Waals surface area contributed by atoms with E-state index >= 15 is 0 Å². The van der Waals surface area contributed by atoms with Crippen molar-refractivity contribution in [1.82, 2.24) is 4.98 Å². The van der Waals surface area contributed by atoms with E-state index in [1.165, 1.54) is 6.39 Å². The number of rotatable bonds is 3. The molecule has 1 aliphatic heterocycles. The Balaban J connectivity index is 2.01. The Morgan fingerprint density at radius 1 is 1.64 bits per heavy atom. The predicted molar refractivity (Wildman–Crippen MR) is 48.4 cm³/mol. The molecule has 2 heterocycles. The smallest absolute Gasteiger partial charge is 0.309 e. The summed E-state index contributed by atoms with van der Waals surface area (Å²) in [7, 11) is 0. The first-order valence-electron chi connectivity index (χ1n) is 4.85. The molecule has 4 nitrogen and oxygen atoms in total. The van der Waals surface area contributed by atoms with E-state index in [9.17, 15) is 4.79 Å². The zero-order valence-corrected chi connectivity index (χ0v) is 8.10. The highest BCUT2D eigenvalue weighted by molar-refractivity contribution is 5.74. The van der Waals surface area contributed by atoms with Crippen LogP contribution < -0.4 is 0 Å². The van der Waals surface area contributed by atoms with Crippen molar-refractivity contribution >= 4 is 5.97 Å². The summed E-state index contributed by atoms with van der Waals surface area (Å²) in [5.74, 6) is 0.227. The number of hydrogen-bond acceptors (Lipinski definition) is 4. The summed E-state index contributed by atoms with van der Waals surface area (Å²) in [6, 6.07) is 0. The lowest BCUT2D eigenvalue weighted by Crippen LogP contribution is -2.17. The quantitative estimate of drug-likeness (QED) is 0.684. The monoisotopic (exact) mass is 195 g/mol. The third-order valence-electron chi connectivity index (χ3n) is 2.71. The fraction of sp³-hybridized carbons (Fsp3) is 0.600. The zero-order chi connectivity index (χ0) is 9.97. The molecule has 0 aliphatic carbocycles. The number of hydrogen-bond donors (Lipinski definition) is 0. The summed E-state index contributed by atoms with van der Waals surface area (Å²) >= 11 is 0. The molecular weight excluding hydrogens is 182 g/mol. The van der Waals surface area contributed by atoms with E-state index < -0.39 is 0 Å². The minimum atomic E-state index is -0.0685. The molecule has 1 aromatic heterocycles. The molecule has 2 atom stereocenters. The molecule has 4 heteroatoms. The van der Waals surface area contributed by atoms with Crippen molar-refractivity contribution < 1.29 is 13.9 Å². The van der Waals surface area contributed by atoms with Gasteiger partial charge in [-0.1, -0.05) is 6.92 Å². The molecule has 1 aliphatic rings. The topological polar surface area (TPSA) is 52.3 Å². The molecule has 0 N–H and O–H groups in total. The van der Waals surface area contributed by atoms with E-state index in [1.54, 1.807) is 6.26 Å². The first-order valence-corrected chi connectivity index (χ1v) is 4.85. The Hall–Kier alpha value is -1.32. The highest BCUT2D eigenvalue weighted by atomic mass is 16.5. The van der Waals surface area contributed by atoms with Gasteiger partial charge in [-0.25, -0.2) is 4.98 Å².